The van der Waals surface area contributed by atoms with Crippen molar-refractivity contribution in [1.82, 2.24) is 4.90 Å². The molecule has 1 aromatic rings. The summed E-state index contributed by atoms with van der Waals surface area (Å²) in [6, 6.07) is 8.17. The number of aliphatic hydroxyl groups excluding tert-OH is 1. The highest BCUT2D eigenvalue weighted by Crippen LogP contribution is 2.29. The zero-order valence-electron chi connectivity index (χ0n) is 11.4. The average molecular weight is 279 g/mol. The fraction of sp³-hybridized carbons (Fsp3) is 0.500. The summed E-state index contributed by atoms with van der Waals surface area (Å²) in [5.74, 6) is 0. The molecule has 0 radical (unpaired) electrons. The molecular formula is C14H21N3OS. The van der Waals surface area contributed by atoms with Crippen LogP contribution in [-0.4, -0.2) is 54.3 Å². The van der Waals surface area contributed by atoms with Crippen molar-refractivity contribution in [1.29, 1.82) is 0 Å². The van der Waals surface area contributed by atoms with E-state index < -0.39 is 0 Å². The maximum Gasteiger partial charge on any atom is 0.106 e. The lowest BCUT2D eigenvalue weighted by Crippen LogP contribution is -2.38. The van der Waals surface area contributed by atoms with Crippen LogP contribution in [0.2, 0.25) is 0 Å². The average Bonchev–Trinajstić information content (AvgIpc) is 2.69. The Hall–Kier alpha value is -1.17. The van der Waals surface area contributed by atoms with E-state index in [9.17, 15) is 5.11 Å². The maximum absolute atomic E-state index is 9.95. The van der Waals surface area contributed by atoms with Crippen LogP contribution in [0.25, 0.3) is 0 Å². The summed E-state index contributed by atoms with van der Waals surface area (Å²) in [7, 11) is 4.09. The molecule has 0 aliphatic carbocycles. The van der Waals surface area contributed by atoms with Crippen molar-refractivity contribution in [3.05, 3.63) is 29.8 Å². The second kappa shape index (κ2) is 5.86. The summed E-state index contributed by atoms with van der Waals surface area (Å²) < 4.78 is 0. The first-order valence-corrected chi connectivity index (χ1v) is 6.88. The van der Waals surface area contributed by atoms with E-state index in [1.54, 1.807) is 0 Å². The third-order valence-corrected chi connectivity index (χ3v) is 3.67. The molecule has 2 atom stereocenters. The molecule has 0 bridgehead atoms. The Bertz CT molecular complexity index is 464. The number of thiocarbonyl (C=S) groups is 1. The Morgan fingerprint density at radius 2 is 2.16 bits per heavy atom. The maximum atomic E-state index is 9.95. The number of β-amino-alcohol motifs (C(OH)–C–C–N with tert-alkyl or cyclic N) is 1. The topological polar surface area (TPSA) is 52.7 Å². The van der Waals surface area contributed by atoms with Gasteiger partial charge in [0.05, 0.1) is 6.10 Å². The number of nitrogens with zero attached hydrogens (tertiary/aromatic N) is 2. The first-order chi connectivity index (χ1) is 8.99. The van der Waals surface area contributed by atoms with Gasteiger partial charge in [0, 0.05) is 30.4 Å². The summed E-state index contributed by atoms with van der Waals surface area (Å²) >= 11 is 5.12. The molecule has 3 N–H and O–H groups in total. The van der Waals surface area contributed by atoms with Gasteiger partial charge < -0.3 is 20.6 Å². The van der Waals surface area contributed by atoms with Crippen LogP contribution >= 0.6 is 12.2 Å². The number of aliphatic hydroxyl groups is 1. The highest BCUT2D eigenvalue weighted by atomic mass is 32.1. The zero-order chi connectivity index (χ0) is 14.0. The molecule has 1 aliphatic rings. The number of hydrogen-bond donors (Lipinski definition) is 2. The molecule has 1 aliphatic heterocycles. The van der Waals surface area contributed by atoms with Gasteiger partial charge in [-0.2, -0.15) is 0 Å². The fourth-order valence-electron chi connectivity index (χ4n) is 2.71. The molecule has 0 saturated carbocycles. The van der Waals surface area contributed by atoms with Crippen molar-refractivity contribution in [2.24, 2.45) is 5.73 Å². The largest absolute Gasteiger partial charge is 0.391 e. The van der Waals surface area contributed by atoms with E-state index >= 15 is 0 Å². The summed E-state index contributed by atoms with van der Waals surface area (Å²) in [6.45, 7) is 1.54. The summed E-state index contributed by atoms with van der Waals surface area (Å²) in [5.41, 5.74) is 7.71. The molecule has 0 aromatic heterocycles. The molecule has 2 unspecified atom stereocenters. The summed E-state index contributed by atoms with van der Waals surface area (Å²) in [5, 5.41) is 9.95. The predicted molar refractivity (Wildman–Crippen MR) is 82.6 cm³/mol. The van der Waals surface area contributed by atoms with E-state index in [0.717, 1.165) is 24.2 Å². The minimum atomic E-state index is -0.288. The number of benzene rings is 1. The van der Waals surface area contributed by atoms with Crippen molar-refractivity contribution >= 4 is 22.9 Å². The Morgan fingerprint density at radius 3 is 2.79 bits per heavy atom. The van der Waals surface area contributed by atoms with E-state index in [0.29, 0.717) is 17.6 Å². The van der Waals surface area contributed by atoms with Gasteiger partial charge in [-0.3, -0.25) is 0 Å². The van der Waals surface area contributed by atoms with E-state index in [1.165, 1.54) is 0 Å². The third kappa shape index (κ3) is 3.23. The molecule has 19 heavy (non-hydrogen) atoms. The van der Waals surface area contributed by atoms with Crippen molar-refractivity contribution in [2.75, 3.05) is 32.1 Å². The lowest BCUT2D eigenvalue weighted by molar-refractivity contribution is 0.191. The number of nitrogens with two attached hydrogens (primary N) is 1. The van der Waals surface area contributed by atoms with Gasteiger partial charge in [0.1, 0.15) is 4.99 Å². The standard InChI is InChI=1S/C14H21N3OS/c1-16(2)8-10-7-11(18)9-17(10)13-6-4-3-5-12(13)14(15)19/h3-6,10-11,18H,7-9H2,1-2H3,(H2,15,19). The van der Waals surface area contributed by atoms with Gasteiger partial charge in [0.15, 0.2) is 0 Å². The van der Waals surface area contributed by atoms with Crippen LogP contribution in [0.1, 0.15) is 12.0 Å². The normalized spacial score (nSPS) is 23.1. The number of rotatable bonds is 4. The van der Waals surface area contributed by atoms with E-state index in [4.69, 9.17) is 18.0 Å². The second-order valence-electron chi connectivity index (χ2n) is 5.34. The van der Waals surface area contributed by atoms with Gasteiger partial charge >= 0.3 is 0 Å². The molecule has 0 spiro atoms. The number of para-hydroxylation sites is 1. The smallest absolute Gasteiger partial charge is 0.106 e. The molecule has 4 nitrogen and oxygen atoms in total. The summed E-state index contributed by atoms with van der Waals surface area (Å²) in [4.78, 5) is 4.76. The molecule has 0 amide bonds. The second-order valence-corrected chi connectivity index (χ2v) is 5.78. The minimum Gasteiger partial charge on any atom is -0.391 e. The van der Waals surface area contributed by atoms with E-state index in [1.807, 2.05) is 38.4 Å². The highest BCUT2D eigenvalue weighted by molar-refractivity contribution is 7.80. The van der Waals surface area contributed by atoms with Crippen LogP contribution in [0.5, 0.6) is 0 Å². The van der Waals surface area contributed by atoms with Crippen LogP contribution in [0.15, 0.2) is 24.3 Å². The van der Waals surface area contributed by atoms with E-state index in [2.05, 4.69) is 9.80 Å². The van der Waals surface area contributed by atoms with Crippen LogP contribution in [-0.2, 0) is 0 Å². The molecule has 2 rings (SSSR count). The predicted octanol–water partition coefficient (Wildman–Crippen LogP) is 0.822. The van der Waals surface area contributed by atoms with E-state index in [-0.39, 0.29) is 6.10 Å². The molecule has 1 aromatic carbocycles. The van der Waals surface area contributed by atoms with Crippen molar-refractivity contribution in [3.8, 4) is 0 Å². The van der Waals surface area contributed by atoms with Crippen LogP contribution in [0, 0.1) is 0 Å². The van der Waals surface area contributed by atoms with Crippen LogP contribution in [0.3, 0.4) is 0 Å². The third-order valence-electron chi connectivity index (χ3n) is 3.45. The Kier molecular flexibility index (Phi) is 4.39. The van der Waals surface area contributed by atoms with Crippen molar-refractivity contribution in [3.63, 3.8) is 0 Å². The van der Waals surface area contributed by atoms with Crippen molar-refractivity contribution in [2.45, 2.75) is 18.6 Å². The Balaban J connectivity index is 2.31. The molecule has 104 valence electrons. The number of anilines is 1. The molecule has 1 saturated heterocycles. The quantitative estimate of drug-likeness (QED) is 0.799. The first kappa shape index (κ1) is 14.2. The Labute approximate surface area is 119 Å². The van der Waals surface area contributed by atoms with Gasteiger partial charge in [-0.15, -0.1) is 0 Å². The number of hydrogen-bond acceptors (Lipinski definition) is 4. The monoisotopic (exact) mass is 279 g/mol. The highest BCUT2D eigenvalue weighted by Gasteiger charge is 2.32. The summed E-state index contributed by atoms with van der Waals surface area (Å²) in [6.07, 6.45) is 0.494. The Morgan fingerprint density at radius 1 is 1.47 bits per heavy atom. The lowest BCUT2D eigenvalue weighted by Gasteiger charge is -2.30. The first-order valence-electron chi connectivity index (χ1n) is 6.47. The van der Waals surface area contributed by atoms with Gasteiger partial charge in [0.2, 0.25) is 0 Å². The molecule has 1 fully saturated rings. The SMILES string of the molecule is CN(C)CC1CC(O)CN1c1ccccc1C(N)=S. The van der Waals surface area contributed by atoms with Crippen LogP contribution < -0.4 is 10.6 Å². The van der Waals surface area contributed by atoms with Gasteiger partial charge in [-0.1, -0.05) is 24.4 Å². The lowest BCUT2D eigenvalue weighted by atomic mass is 10.1. The minimum absolute atomic E-state index is 0.288. The van der Waals surface area contributed by atoms with Crippen LogP contribution in [0.4, 0.5) is 5.69 Å². The molecule has 1 heterocycles. The number of likely N-dealkylation sites (N-methyl/N-ethyl adjacent to an activating group) is 1. The zero-order valence-corrected chi connectivity index (χ0v) is 12.2. The van der Waals surface area contributed by atoms with Crippen molar-refractivity contribution < 1.29 is 5.11 Å². The molecule has 5 heteroatoms. The van der Waals surface area contributed by atoms with Gasteiger partial charge in [0.25, 0.3) is 0 Å². The van der Waals surface area contributed by atoms with Gasteiger partial charge in [-0.25, -0.2) is 0 Å². The fourth-order valence-corrected chi connectivity index (χ4v) is 2.89. The molecular weight excluding hydrogens is 258 g/mol. The van der Waals surface area contributed by atoms with Gasteiger partial charge in [-0.05, 0) is 32.6 Å².